The second-order valence-corrected chi connectivity index (χ2v) is 6.61. The van der Waals surface area contributed by atoms with Crippen LogP contribution in [0, 0.1) is 5.92 Å². The number of hydrogen-bond donors (Lipinski definition) is 3. The molecule has 1 atom stereocenters. The molecule has 0 spiro atoms. The number of aromatic nitrogens is 2. The Balaban J connectivity index is 1.71. The summed E-state index contributed by atoms with van der Waals surface area (Å²) >= 11 is 3.55. The number of H-pyrrole nitrogens is 2. The Morgan fingerprint density at radius 3 is 2.71 bits per heavy atom. The smallest absolute Gasteiger partial charge is 0.323 e. The number of nitrogens with one attached hydrogen (secondary N) is 2. The van der Waals surface area contributed by atoms with Crippen molar-refractivity contribution in [2.75, 3.05) is 6.61 Å². The zero-order valence-electron chi connectivity index (χ0n) is 12.0. The molecule has 1 aromatic heterocycles. The van der Waals surface area contributed by atoms with Crippen molar-refractivity contribution in [2.24, 2.45) is 11.7 Å². The predicted octanol–water partition coefficient (Wildman–Crippen LogP) is 2.82. The highest BCUT2D eigenvalue weighted by molar-refractivity contribution is 9.10. The SMILES string of the molecule is CCOC1CC(CC(N)c2cc3[nH]c(=O)[nH]c3cc2Br)C1. The molecule has 114 valence electrons. The fourth-order valence-electron chi connectivity index (χ4n) is 3.08. The van der Waals surface area contributed by atoms with Gasteiger partial charge in [0, 0.05) is 17.1 Å². The summed E-state index contributed by atoms with van der Waals surface area (Å²) in [4.78, 5) is 16.9. The molecular formula is C15H20BrN3O2. The molecule has 1 fully saturated rings. The van der Waals surface area contributed by atoms with E-state index in [-0.39, 0.29) is 11.7 Å². The lowest BCUT2D eigenvalue weighted by Gasteiger charge is -2.36. The quantitative estimate of drug-likeness (QED) is 0.772. The zero-order valence-corrected chi connectivity index (χ0v) is 13.6. The van der Waals surface area contributed by atoms with Crippen LogP contribution in [0.3, 0.4) is 0 Å². The average molecular weight is 354 g/mol. The van der Waals surface area contributed by atoms with Gasteiger partial charge in [-0.1, -0.05) is 15.9 Å². The zero-order chi connectivity index (χ0) is 15.0. The van der Waals surface area contributed by atoms with Crippen LogP contribution in [0.4, 0.5) is 0 Å². The number of imidazole rings is 1. The summed E-state index contributed by atoms with van der Waals surface area (Å²) in [5, 5.41) is 0. The van der Waals surface area contributed by atoms with Crippen LogP contribution in [0.1, 0.15) is 37.8 Å². The maximum Gasteiger partial charge on any atom is 0.323 e. The van der Waals surface area contributed by atoms with Crippen LogP contribution in [0.5, 0.6) is 0 Å². The van der Waals surface area contributed by atoms with Gasteiger partial charge < -0.3 is 20.4 Å². The Morgan fingerprint density at radius 2 is 2.05 bits per heavy atom. The number of fused-ring (bicyclic) bond motifs is 1. The Hall–Kier alpha value is -1.11. The Bertz CT molecular complexity index is 688. The summed E-state index contributed by atoms with van der Waals surface area (Å²) in [5.41, 5.74) is 8.79. The molecule has 1 heterocycles. The summed E-state index contributed by atoms with van der Waals surface area (Å²) in [6.45, 7) is 2.82. The topological polar surface area (TPSA) is 83.9 Å². The van der Waals surface area contributed by atoms with Crippen LogP contribution < -0.4 is 11.4 Å². The summed E-state index contributed by atoms with van der Waals surface area (Å²) in [6, 6.07) is 3.84. The third-order valence-corrected chi connectivity index (χ3v) is 4.90. The molecular weight excluding hydrogens is 334 g/mol. The van der Waals surface area contributed by atoms with E-state index in [2.05, 4.69) is 25.9 Å². The molecule has 1 aliphatic rings. The van der Waals surface area contributed by atoms with Crippen molar-refractivity contribution in [2.45, 2.75) is 38.3 Å². The molecule has 1 aromatic carbocycles. The minimum Gasteiger partial charge on any atom is -0.378 e. The van der Waals surface area contributed by atoms with Gasteiger partial charge in [0.25, 0.3) is 0 Å². The van der Waals surface area contributed by atoms with Crippen molar-refractivity contribution < 1.29 is 4.74 Å². The lowest BCUT2D eigenvalue weighted by atomic mass is 9.77. The van der Waals surface area contributed by atoms with Gasteiger partial charge in [-0.2, -0.15) is 0 Å². The van der Waals surface area contributed by atoms with Gasteiger partial charge in [0.15, 0.2) is 0 Å². The molecule has 0 bridgehead atoms. The van der Waals surface area contributed by atoms with E-state index >= 15 is 0 Å². The van der Waals surface area contributed by atoms with Crippen molar-refractivity contribution in [1.29, 1.82) is 0 Å². The summed E-state index contributed by atoms with van der Waals surface area (Å²) < 4.78 is 6.53. The molecule has 0 amide bonds. The number of rotatable bonds is 5. The summed E-state index contributed by atoms with van der Waals surface area (Å²) in [7, 11) is 0. The first kappa shape index (κ1) is 14.8. The van der Waals surface area contributed by atoms with Crippen molar-refractivity contribution in [3.05, 3.63) is 32.7 Å². The number of hydrogen-bond acceptors (Lipinski definition) is 3. The van der Waals surface area contributed by atoms with E-state index < -0.39 is 0 Å². The van der Waals surface area contributed by atoms with E-state index in [0.29, 0.717) is 12.0 Å². The van der Waals surface area contributed by atoms with Gasteiger partial charge in [-0.05, 0) is 49.8 Å². The van der Waals surface area contributed by atoms with Gasteiger partial charge >= 0.3 is 5.69 Å². The maximum atomic E-state index is 11.3. The molecule has 0 radical (unpaired) electrons. The third kappa shape index (κ3) is 3.07. The molecule has 4 N–H and O–H groups in total. The molecule has 0 aliphatic heterocycles. The van der Waals surface area contributed by atoms with Crippen molar-refractivity contribution in [1.82, 2.24) is 9.97 Å². The van der Waals surface area contributed by atoms with Gasteiger partial charge in [-0.3, -0.25) is 0 Å². The Kier molecular flexibility index (Phi) is 4.19. The minimum atomic E-state index is -0.193. The van der Waals surface area contributed by atoms with Gasteiger partial charge in [-0.25, -0.2) is 4.79 Å². The van der Waals surface area contributed by atoms with E-state index in [9.17, 15) is 4.79 Å². The van der Waals surface area contributed by atoms with Gasteiger partial charge in [0.2, 0.25) is 0 Å². The van der Waals surface area contributed by atoms with Crippen molar-refractivity contribution in [3.8, 4) is 0 Å². The molecule has 5 nitrogen and oxygen atoms in total. The first-order chi connectivity index (χ1) is 10.1. The molecule has 3 rings (SSSR count). The van der Waals surface area contributed by atoms with Crippen LogP contribution in [-0.2, 0) is 4.74 Å². The maximum absolute atomic E-state index is 11.3. The summed E-state index contributed by atoms with van der Waals surface area (Å²) in [6.07, 6.45) is 3.56. The van der Waals surface area contributed by atoms with Crippen LogP contribution in [0.2, 0.25) is 0 Å². The van der Waals surface area contributed by atoms with Crippen LogP contribution in [0.15, 0.2) is 21.4 Å². The molecule has 1 saturated carbocycles. The lowest BCUT2D eigenvalue weighted by Crippen LogP contribution is -2.33. The lowest BCUT2D eigenvalue weighted by molar-refractivity contribution is -0.0282. The number of halogens is 1. The number of ether oxygens (including phenoxy) is 1. The highest BCUT2D eigenvalue weighted by Crippen LogP contribution is 2.38. The summed E-state index contributed by atoms with van der Waals surface area (Å²) in [5.74, 6) is 0.629. The van der Waals surface area contributed by atoms with Crippen LogP contribution in [-0.4, -0.2) is 22.7 Å². The average Bonchev–Trinajstić information content (AvgIpc) is 2.74. The highest BCUT2D eigenvalue weighted by atomic mass is 79.9. The fourth-order valence-corrected chi connectivity index (χ4v) is 3.72. The van der Waals surface area contributed by atoms with E-state index in [1.54, 1.807) is 0 Å². The minimum absolute atomic E-state index is 0.0326. The molecule has 1 unspecified atom stereocenters. The van der Waals surface area contributed by atoms with E-state index in [4.69, 9.17) is 10.5 Å². The first-order valence-electron chi connectivity index (χ1n) is 7.35. The number of benzene rings is 1. The molecule has 2 aromatic rings. The normalized spacial score (nSPS) is 23.2. The van der Waals surface area contributed by atoms with Gasteiger partial charge in [0.1, 0.15) is 0 Å². The second-order valence-electron chi connectivity index (χ2n) is 5.76. The van der Waals surface area contributed by atoms with E-state index in [1.165, 1.54) is 0 Å². The van der Waals surface area contributed by atoms with E-state index in [1.807, 2.05) is 19.1 Å². The monoisotopic (exact) mass is 353 g/mol. The fraction of sp³-hybridized carbons (Fsp3) is 0.533. The van der Waals surface area contributed by atoms with Crippen LogP contribution >= 0.6 is 15.9 Å². The van der Waals surface area contributed by atoms with Crippen molar-refractivity contribution >= 4 is 27.0 Å². The highest BCUT2D eigenvalue weighted by Gasteiger charge is 2.31. The Labute approximate surface area is 131 Å². The Morgan fingerprint density at radius 1 is 1.38 bits per heavy atom. The predicted molar refractivity (Wildman–Crippen MR) is 86.3 cm³/mol. The van der Waals surface area contributed by atoms with Crippen LogP contribution in [0.25, 0.3) is 11.0 Å². The molecule has 1 aliphatic carbocycles. The number of aromatic amines is 2. The third-order valence-electron chi connectivity index (χ3n) is 4.21. The largest absolute Gasteiger partial charge is 0.378 e. The first-order valence-corrected chi connectivity index (χ1v) is 8.14. The second kappa shape index (κ2) is 5.94. The van der Waals surface area contributed by atoms with Crippen molar-refractivity contribution in [3.63, 3.8) is 0 Å². The van der Waals surface area contributed by atoms with E-state index in [0.717, 1.165) is 46.9 Å². The molecule has 6 heteroatoms. The van der Waals surface area contributed by atoms with Gasteiger partial charge in [0.05, 0.1) is 17.1 Å². The molecule has 21 heavy (non-hydrogen) atoms. The standard InChI is InChI=1S/C15H20BrN3O2/c1-2-21-9-3-8(4-9)5-12(17)10-6-13-14(7-11(10)16)19-15(20)18-13/h6-9,12H,2-5,17H2,1H3,(H2,18,19,20). The number of nitrogens with two attached hydrogens (primary N) is 1. The molecule has 0 saturated heterocycles. The van der Waals surface area contributed by atoms with Gasteiger partial charge in [-0.15, -0.1) is 0 Å².